The van der Waals surface area contributed by atoms with Gasteiger partial charge in [-0.2, -0.15) is 0 Å². The predicted molar refractivity (Wildman–Crippen MR) is 62.2 cm³/mol. The van der Waals surface area contributed by atoms with Crippen molar-refractivity contribution in [2.45, 2.75) is 0 Å². The molecule has 0 amide bonds. The monoisotopic (exact) mass is 208 g/mol. The van der Waals surface area contributed by atoms with E-state index in [9.17, 15) is 4.79 Å². The first kappa shape index (κ1) is 13.4. The lowest BCUT2D eigenvalue weighted by atomic mass is 10.4. The van der Waals surface area contributed by atoms with Crippen molar-refractivity contribution in [3.63, 3.8) is 0 Å². The number of likely N-dealkylation sites (N-methyl/N-ethyl adjacent to an activating group) is 1. The van der Waals surface area contributed by atoms with Crippen molar-refractivity contribution in [2.24, 2.45) is 0 Å². The fourth-order valence-corrected chi connectivity index (χ4v) is 0.955. The summed E-state index contributed by atoms with van der Waals surface area (Å²) in [7, 11) is 3.66. The summed E-state index contributed by atoms with van der Waals surface area (Å²) in [6, 6.07) is 0. The molecule has 0 atom stereocenters. The summed E-state index contributed by atoms with van der Waals surface area (Å²) in [6.07, 6.45) is 12.7. The lowest BCUT2D eigenvalue weighted by molar-refractivity contribution is -0.831. The number of rotatable bonds is 6. The highest BCUT2D eigenvalue weighted by Gasteiger charge is 2.15. The van der Waals surface area contributed by atoms with Crippen LogP contribution in [-0.4, -0.2) is 36.2 Å². The van der Waals surface area contributed by atoms with Gasteiger partial charge in [-0.05, 0) is 6.08 Å². The molecule has 0 aromatic heterocycles. The van der Waals surface area contributed by atoms with Gasteiger partial charge >= 0.3 is 5.97 Å². The Labute approximate surface area is 90.9 Å². The van der Waals surface area contributed by atoms with Crippen LogP contribution in [-0.2, 0) is 4.79 Å². The van der Waals surface area contributed by atoms with Crippen molar-refractivity contribution < 1.29 is 14.4 Å². The van der Waals surface area contributed by atoms with E-state index in [1.807, 2.05) is 50.7 Å². The fraction of sp³-hybridized carbons (Fsp3) is 0.250. The van der Waals surface area contributed by atoms with Gasteiger partial charge in [-0.1, -0.05) is 37.0 Å². The maximum atomic E-state index is 10.5. The normalized spacial score (nSPS) is 12.9. The Hall–Kier alpha value is -1.61. The Kier molecular flexibility index (Phi) is 6.06. The third kappa shape index (κ3) is 8.71. The highest BCUT2D eigenvalue weighted by atomic mass is 16.4. The minimum atomic E-state index is -0.805. The Morgan fingerprint density at radius 3 is 2.27 bits per heavy atom. The third-order valence-corrected chi connectivity index (χ3v) is 1.61. The zero-order chi connectivity index (χ0) is 11.7. The van der Waals surface area contributed by atoms with E-state index in [1.54, 1.807) is 6.08 Å². The largest absolute Gasteiger partial charge is 0.477 e. The molecule has 0 radical (unpaired) electrons. The van der Waals surface area contributed by atoms with Crippen LogP contribution < -0.4 is 0 Å². The summed E-state index contributed by atoms with van der Waals surface area (Å²) in [5.74, 6) is -0.805. The van der Waals surface area contributed by atoms with Crippen LogP contribution in [0, 0.1) is 0 Å². The molecule has 0 heterocycles. The first-order chi connectivity index (χ1) is 6.98. The van der Waals surface area contributed by atoms with E-state index in [1.165, 1.54) is 0 Å². The number of carboxylic acid groups (broad SMARTS) is 1. The SMILES string of the molecule is C=C/C=C/C=C/C=C/[N+](C)(C)CC(=O)O. The van der Waals surface area contributed by atoms with Gasteiger partial charge in [0.1, 0.15) is 0 Å². The molecular weight excluding hydrogens is 190 g/mol. The molecule has 82 valence electrons. The van der Waals surface area contributed by atoms with Gasteiger partial charge in [-0.15, -0.1) is 0 Å². The quantitative estimate of drug-likeness (QED) is 0.535. The summed E-state index contributed by atoms with van der Waals surface area (Å²) < 4.78 is 0.324. The predicted octanol–water partition coefficient (Wildman–Crippen LogP) is 1.96. The summed E-state index contributed by atoms with van der Waals surface area (Å²) >= 11 is 0. The van der Waals surface area contributed by atoms with E-state index in [2.05, 4.69) is 6.58 Å². The van der Waals surface area contributed by atoms with Crippen LogP contribution in [0.2, 0.25) is 0 Å². The number of carboxylic acids is 1. The summed E-state index contributed by atoms with van der Waals surface area (Å²) in [6.45, 7) is 3.62. The Morgan fingerprint density at radius 1 is 1.20 bits per heavy atom. The van der Waals surface area contributed by atoms with Crippen molar-refractivity contribution in [1.29, 1.82) is 0 Å². The van der Waals surface area contributed by atoms with E-state index in [4.69, 9.17) is 5.11 Å². The van der Waals surface area contributed by atoms with Crippen LogP contribution in [0.15, 0.2) is 49.2 Å². The lowest BCUT2D eigenvalue weighted by Gasteiger charge is -2.21. The van der Waals surface area contributed by atoms with Gasteiger partial charge in [-0.3, -0.25) is 4.48 Å². The maximum Gasteiger partial charge on any atom is 0.359 e. The minimum absolute atomic E-state index is 0.0762. The standard InChI is InChI=1S/C12H17NO2/c1-4-5-6-7-8-9-10-13(2,3)11-12(14)15/h4-10H,1,11H2,2-3H3/p+1/b6-5+,8-7+,10-9+. The van der Waals surface area contributed by atoms with Gasteiger partial charge < -0.3 is 5.11 Å². The highest BCUT2D eigenvalue weighted by Crippen LogP contribution is 1.98. The van der Waals surface area contributed by atoms with Gasteiger partial charge in [0.25, 0.3) is 0 Å². The van der Waals surface area contributed by atoms with Crippen molar-refractivity contribution in [1.82, 2.24) is 0 Å². The molecule has 3 heteroatoms. The first-order valence-corrected chi connectivity index (χ1v) is 4.66. The maximum absolute atomic E-state index is 10.5. The molecule has 0 aromatic rings. The van der Waals surface area contributed by atoms with Gasteiger partial charge in [0, 0.05) is 0 Å². The molecule has 1 N–H and O–H groups in total. The molecule has 0 rings (SSSR count). The zero-order valence-electron chi connectivity index (χ0n) is 9.26. The second kappa shape index (κ2) is 6.79. The second-order valence-corrected chi connectivity index (χ2v) is 3.68. The van der Waals surface area contributed by atoms with Gasteiger partial charge in [-0.25, -0.2) is 4.79 Å². The average molecular weight is 208 g/mol. The van der Waals surface area contributed by atoms with Crippen LogP contribution in [0.25, 0.3) is 0 Å². The van der Waals surface area contributed by atoms with E-state index in [-0.39, 0.29) is 6.54 Å². The third-order valence-electron chi connectivity index (χ3n) is 1.61. The highest BCUT2D eigenvalue weighted by molar-refractivity contribution is 5.68. The van der Waals surface area contributed by atoms with Crippen molar-refractivity contribution in [3.8, 4) is 0 Å². The van der Waals surface area contributed by atoms with Crippen molar-refractivity contribution in [2.75, 3.05) is 20.6 Å². The average Bonchev–Trinajstić information content (AvgIpc) is 2.08. The lowest BCUT2D eigenvalue weighted by Crippen LogP contribution is -2.38. The topological polar surface area (TPSA) is 37.3 Å². The second-order valence-electron chi connectivity index (χ2n) is 3.68. The fourth-order valence-electron chi connectivity index (χ4n) is 0.955. The van der Waals surface area contributed by atoms with E-state index in [0.29, 0.717) is 4.48 Å². The number of carbonyl (C=O) groups is 1. The van der Waals surface area contributed by atoms with E-state index >= 15 is 0 Å². The molecule has 0 spiro atoms. The van der Waals surface area contributed by atoms with Gasteiger partial charge in [0.2, 0.25) is 0 Å². The first-order valence-electron chi connectivity index (χ1n) is 4.66. The molecule has 0 saturated heterocycles. The Bertz CT molecular complexity index is 299. The summed E-state index contributed by atoms with van der Waals surface area (Å²) in [5, 5.41) is 8.63. The van der Waals surface area contributed by atoms with E-state index in [0.717, 1.165) is 0 Å². The molecule has 0 aliphatic carbocycles. The number of aliphatic carboxylic acids is 1. The molecular formula is C12H18NO2+. The van der Waals surface area contributed by atoms with Crippen LogP contribution in [0.5, 0.6) is 0 Å². The van der Waals surface area contributed by atoms with Gasteiger partial charge in [0.05, 0.1) is 20.3 Å². The minimum Gasteiger partial charge on any atom is -0.477 e. The molecule has 0 bridgehead atoms. The number of allylic oxidation sites excluding steroid dienone is 6. The smallest absolute Gasteiger partial charge is 0.359 e. The zero-order valence-corrected chi connectivity index (χ0v) is 9.26. The Morgan fingerprint density at radius 2 is 1.73 bits per heavy atom. The van der Waals surface area contributed by atoms with E-state index < -0.39 is 5.97 Å². The number of hydrogen-bond acceptors (Lipinski definition) is 1. The molecule has 0 saturated carbocycles. The molecule has 0 fully saturated rings. The summed E-state index contributed by atoms with van der Waals surface area (Å²) in [5.41, 5.74) is 0. The Balaban J connectivity index is 4.14. The number of quaternary nitrogens is 1. The van der Waals surface area contributed by atoms with Crippen LogP contribution >= 0.6 is 0 Å². The van der Waals surface area contributed by atoms with Crippen molar-refractivity contribution in [3.05, 3.63) is 49.2 Å². The molecule has 0 unspecified atom stereocenters. The molecule has 0 aliphatic rings. The summed E-state index contributed by atoms with van der Waals surface area (Å²) in [4.78, 5) is 10.5. The molecule has 3 nitrogen and oxygen atoms in total. The number of nitrogens with zero attached hydrogens (tertiary/aromatic N) is 1. The number of hydrogen-bond donors (Lipinski definition) is 1. The molecule has 0 aromatic carbocycles. The molecule has 15 heavy (non-hydrogen) atoms. The van der Waals surface area contributed by atoms with Crippen LogP contribution in [0.1, 0.15) is 0 Å². The van der Waals surface area contributed by atoms with Crippen LogP contribution in [0.4, 0.5) is 0 Å². The van der Waals surface area contributed by atoms with Gasteiger partial charge in [0.15, 0.2) is 6.54 Å². The van der Waals surface area contributed by atoms with Crippen molar-refractivity contribution >= 4 is 5.97 Å². The molecule has 0 aliphatic heterocycles. The van der Waals surface area contributed by atoms with Crippen LogP contribution in [0.3, 0.4) is 0 Å².